The summed E-state index contributed by atoms with van der Waals surface area (Å²) in [6, 6.07) is 8.28. The molecule has 1 heterocycles. The molecule has 1 N–H and O–H groups in total. The summed E-state index contributed by atoms with van der Waals surface area (Å²) in [5, 5.41) is 12.5. The second-order valence-electron chi connectivity index (χ2n) is 7.02. The highest BCUT2D eigenvalue weighted by molar-refractivity contribution is 6.01. The quantitative estimate of drug-likeness (QED) is 0.808. The molecule has 2 rings (SSSR count). The molecule has 0 atom stereocenters. The molecule has 4 heteroatoms. The largest absolute Gasteiger partial charge is 0.384 e. The molecule has 23 heavy (non-hydrogen) atoms. The molecule has 1 aromatic carbocycles. The number of hydrogen-bond acceptors (Lipinski definition) is 3. The first-order valence-electron chi connectivity index (χ1n) is 8.48. The van der Waals surface area contributed by atoms with Gasteiger partial charge < -0.3 is 10.2 Å². The van der Waals surface area contributed by atoms with Crippen LogP contribution in [0.5, 0.6) is 0 Å². The second kappa shape index (κ2) is 7.50. The Morgan fingerprint density at radius 1 is 1.35 bits per heavy atom. The Bertz CT molecular complexity index is 595. The van der Waals surface area contributed by atoms with Gasteiger partial charge in [0.2, 0.25) is 0 Å². The van der Waals surface area contributed by atoms with Crippen LogP contribution in [0.15, 0.2) is 18.2 Å². The van der Waals surface area contributed by atoms with Crippen LogP contribution in [-0.4, -0.2) is 30.4 Å². The number of benzene rings is 1. The molecule has 0 saturated carbocycles. The molecule has 4 nitrogen and oxygen atoms in total. The Labute approximate surface area is 139 Å². The standard InChI is InChI=1S/C19H27N3O/c1-15-8-6-9-16(21-11-7-10-19(2,3)14-20)17(15)18(23)22-12-4-5-13-22/h6,8-9,21H,4-5,7,10-13H2,1-3H3. The van der Waals surface area contributed by atoms with Gasteiger partial charge in [-0.2, -0.15) is 5.26 Å². The molecule has 124 valence electrons. The van der Waals surface area contributed by atoms with Gasteiger partial charge in [-0.05, 0) is 58.1 Å². The van der Waals surface area contributed by atoms with Crippen molar-refractivity contribution in [2.75, 3.05) is 25.0 Å². The van der Waals surface area contributed by atoms with E-state index in [0.29, 0.717) is 0 Å². The van der Waals surface area contributed by atoms with Crippen LogP contribution in [0.1, 0.15) is 55.5 Å². The SMILES string of the molecule is Cc1cccc(NCCCC(C)(C)C#N)c1C(=O)N1CCCC1. The maximum absolute atomic E-state index is 12.8. The Kier molecular flexibility index (Phi) is 5.65. The van der Waals surface area contributed by atoms with E-state index in [2.05, 4.69) is 11.4 Å². The van der Waals surface area contributed by atoms with Gasteiger partial charge in [0.25, 0.3) is 5.91 Å². The number of nitriles is 1. The van der Waals surface area contributed by atoms with Crippen LogP contribution in [0, 0.1) is 23.7 Å². The zero-order valence-corrected chi connectivity index (χ0v) is 14.5. The Hall–Kier alpha value is -2.02. The van der Waals surface area contributed by atoms with Crippen LogP contribution in [-0.2, 0) is 0 Å². The topological polar surface area (TPSA) is 56.1 Å². The van der Waals surface area contributed by atoms with Gasteiger partial charge in [0.1, 0.15) is 0 Å². The summed E-state index contributed by atoms with van der Waals surface area (Å²) in [6.45, 7) is 8.41. The number of aryl methyl sites for hydroxylation is 1. The number of nitrogens with one attached hydrogen (secondary N) is 1. The molecule has 0 spiro atoms. The third-order valence-corrected chi connectivity index (χ3v) is 4.48. The molecule has 0 bridgehead atoms. The van der Waals surface area contributed by atoms with Crippen molar-refractivity contribution in [2.45, 2.75) is 46.5 Å². The molecule has 1 aliphatic heterocycles. The highest BCUT2D eigenvalue weighted by Crippen LogP contribution is 2.25. The van der Waals surface area contributed by atoms with E-state index in [1.807, 2.05) is 43.9 Å². The second-order valence-corrected chi connectivity index (χ2v) is 7.02. The highest BCUT2D eigenvalue weighted by atomic mass is 16.2. The number of likely N-dealkylation sites (tertiary alicyclic amines) is 1. The van der Waals surface area contributed by atoms with E-state index in [1.54, 1.807) is 0 Å². The molecule has 1 aliphatic rings. The van der Waals surface area contributed by atoms with Crippen LogP contribution in [0.4, 0.5) is 5.69 Å². The van der Waals surface area contributed by atoms with Crippen molar-refractivity contribution in [3.63, 3.8) is 0 Å². The number of carbonyl (C=O) groups excluding carboxylic acids is 1. The van der Waals surface area contributed by atoms with Gasteiger partial charge in [-0.15, -0.1) is 0 Å². The van der Waals surface area contributed by atoms with Crippen molar-refractivity contribution in [1.82, 2.24) is 4.90 Å². The first kappa shape index (κ1) is 17.3. The smallest absolute Gasteiger partial charge is 0.256 e. The van der Waals surface area contributed by atoms with E-state index in [0.717, 1.165) is 62.1 Å². The zero-order valence-electron chi connectivity index (χ0n) is 14.5. The fraction of sp³-hybridized carbons (Fsp3) is 0.579. The lowest BCUT2D eigenvalue weighted by atomic mass is 9.90. The van der Waals surface area contributed by atoms with Gasteiger partial charge >= 0.3 is 0 Å². The first-order chi connectivity index (χ1) is 10.9. The van der Waals surface area contributed by atoms with E-state index in [9.17, 15) is 4.79 Å². The van der Waals surface area contributed by atoms with Crippen molar-refractivity contribution < 1.29 is 4.79 Å². The van der Waals surface area contributed by atoms with Crippen molar-refractivity contribution in [1.29, 1.82) is 5.26 Å². The third-order valence-electron chi connectivity index (χ3n) is 4.48. The number of rotatable bonds is 6. The van der Waals surface area contributed by atoms with Gasteiger partial charge in [-0.3, -0.25) is 4.79 Å². The van der Waals surface area contributed by atoms with Gasteiger partial charge in [-0.1, -0.05) is 12.1 Å². The summed E-state index contributed by atoms with van der Waals surface area (Å²) in [5.74, 6) is 0.139. The predicted octanol–water partition coefficient (Wildman–Crippen LogP) is 3.97. The lowest BCUT2D eigenvalue weighted by molar-refractivity contribution is 0.0793. The van der Waals surface area contributed by atoms with E-state index in [1.165, 1.54) is 0 Å². The maximum Gasteiger partial charge on any atom is 0.256 e. The number of carbonyl (C=O) groups is 1. The minimum absolute atomic E-state index is 0.139. The minimum atomic E-state index is -0.289. The van der Waals surface area contributed by atoms with Crippen LogP contribution in [0.2, 0.25) is 0 Å². The van der Waals surface area contributed by atoms with Gasteiger partial charge in [0, 0.05) is 25.3 Å². The van der Waals surface area contributed by atoms with Crippen molar-refractivity contribution >= 4 is 11.6 Å². The lowest BCUT2D eigenvalue weighted by Gasteiger charge is -2.20. The van der Waals surface area contributed by atoms with E-state index in [-0.39, 0.29) is 11.3 Å². The molecule has 0 aliphatic carbocycles. The number of nitrogens with zero attached hydrogens (tertiary/aromatic N) is 2. The van der Waals surface area contributed by atoms with Gasteiger partial charge in [-0.25, -0.2) is 0 Å². The summed E-state index contributed by atoms with van der Waals surface area (Å²) in [7, 11) is 0. The first-order valence-corrected chi connectivity index (χ1v) is 8.48. The summed E-state index contributed by atoms with van der Waals surface area (Å²) >= 11 is 0. The van der Waals surface area contributed by atoms with Crippen molar-refractivity contribution in [3.05, 3.63) is 29.3 Å². The van der Waals surface area contributed by atoms with Gasteiger partial charge in [0.05, 0.1) is 17.0 Å². The molecule has 0 radical (unpaired) electrons. The van der Waals surface area contributed by atoms with Gasteiger partial charge in [0.15, 0.2) is 0 Å². The molecular weight excluding hydrogens is 286 g/mol. The molecule has 1 saturated heterocycles. The van der Waals surface area contributed by atoms with Crippen LogP contribution < -0.4 is 5.32 Å². The summed E-state index contributed by atoms with van der Waals surface area (Å²) in [6.07, 6.45) is 3.96. The molecule has 1 aromatic rings. The number of hydrogen-bond donors (Lipinski definition) is 1. The Morgan fingerprint density at radius 2 is 2.04 bits per heavy atom. The molecule has 1 amide bonds. The third kappa shape index (κ3) is 4.48. The zero-order chi connectivity index (χ0) is 16.9. The fourth-order valence-corrected chi connectivity index (χ4v) is 2.99. The van der Waals surface area contributed by atoms with E-state index in [4.69, 9.17) is 5.26 Å². The maximum atomic E-state index is 12.8. The monoisotopic (exact) mass is 313 g/mol. The number of anilines is 1. The normalized spacial score (nSPS) is 14.6. The molecular formula is C19H27N3O. The summed E-state index contributed by atoms with van der Waals surface area (Å²) < 4.78 is 0. The molecule has 0 unspecified atom stereocenters. The predicted molar refractivity (Wildman–Crippen MR) is 93.4 cm³/mol. The lowest BCUT2D eigenvalue weighted by Crippen LogP contribution is -2.29. The van der Waals surface area contributed by atoms with E-state index < -0.39 is 0 Å². The average molecular weight is 313 g/mol. The number of amides is 1. The summed E-state index contributed by atoms with van der Waals surface area (Å²) in [5.41, 5.74) is 2.44. The van der Waals surface area contributed by atoms with Crippen molar-refractivity contribution in [2.24, 2.45) is 5.41 Å². The minimum Gasteiger partial charge on any atom is -0.384 e. The van der Waals surface area contributed by atoms with E-state index >= 15 is 0 Å². The Morgan fingerprint density at radius 3 is 2.70 bits per heavy atom. The fourth-order valence-electron chi connectivity index (χ4n) is 2.99. The Balaban J connectivity index is 2.03. The highest BCUT2D eigenvalue weighted by Gasteiger charge is 2.23. The molecule has 0 aromatic heterocycles. The van der Waals surface area contributed by atoms with Crippen LogP contribution in [0.3, 0.4) is 0 Å². The molecule has 1 fully saturated rings. The van der Waals surface area contributed by atoms with Crippen molar-refractivity contribution in [3.8, 4) is 6.07 Å². The average Bonchev–Trinajstić information content (AvgIpc) is 3.05. The summed E-state index contributed by atoms with van der Waals surface area (Å²) in [4.78, 5) is 14.7. The van der Waals surface area contributed by atoms with Crippen LogP contribution >= 0.6 is 0 Å². The van der Waals surface area contributed by atoms with Crippen LogP contribution in [0.25, 0.3) is 0 Å².